The summed E-state index contributed by atoms with van der Waals surface area (Å²) in [6, 6.07) is 11.3. The maximum Gasteiger partial charge on any atom is 0.218 e. The number of hydrogen-bond donors (Lipinski definition) is 1. The van der Waals surface area contributed by atoms with Crippen molar-refractivity contribution in [2.45, 2.75) is 0 Å². The molecule has 0 spiro atoms. The molecule has 0 saturated carbocycles. The van der Waals surface area contributed by atoms with E-state index in [9.17, 15) is 4.79 Å². The summed E-state index contributed by atoms with van der Waals surface area (Å²) in [5.74, 6) is 0.268. The fourth-order valence-corrected chi connectivity index (χ4v) is 1.73. The van der Waals surface area contributed by atoms with E-state index in [1.165, 1.54) is 6.26 Å². The van der Waals surface area contributed by atoms with Crippen LogP contribution in [0.25, 0.3) is 0 Å². The smallest absolute Gasteiger partial charge is 0.218 e. The maximum atomic E-state index is 11.7. The first-order valence-corrected chi connectivity index (χ1v) is 5.62. The molecule has 1 aromatic heterocycles. The Kier molecular flexibility index (Phi) is 3.41. The number of carbonyl (C=O) groups excluding carboxylic acids is 1. The minimum Gasteiger partial charge on any atom is -0.460 e. The van der Waals surface area contributed by atoms with E-state index < -0.39 is 0 Å². The fraction of sp³-hybridized carbons (Fsp3) is 0.0833. The number of hydrogen-bond acceptors (Lipinski definition) is 3. The van der Waals surface area contributed by atoms with Crippen LogP contribution in [0.15, 0.2) is 51.6 Å². The third kappa shape index (κ3) is 2.52. The van der Waals surface area contributed by atoms with Gasteiger partial charge in [0, 0.05) is 5.69 Å². The normalized spacial score (nSPS) is 10.1. The first kappa shape index (κ1) is 11.0. The van der Waals surface area contributed by atoms with Crippen LogP contribution in [0, 0.1) is 0 Å². The highest BCUT2D eigenvalue weighted by Gasteiger charge is 2.12. The van der Waals surface area contributed by atoms with Gasteiger partial charge in [-0.3, -0.25) is 4.79 Å². The van der Waals surface area contributed by atoms with Crippen molar-refractivity contribution in [3.05, 3.63) is 52.9 Å². The predicted molar refractivity (Wildman–Crippen MR) is 65.7 cm³/mol. The number of anilines is 1. The Morgan fingerprint density at radius 1 is 1.25 bits per heavy atom. The summed E-state index contributed by atoms with van der Waals surface area (Å²) in [6.07, 6.45) is 1.49. The van der Waals surface area contributed by atoms with Crippen molar-refractivity contribution in [3.8, 4) is 0 Å². The van der Waals surface area contributed by atoms with Gasteiger partial charge in [-0.25, -0.2) is 0 Å². The van der Waals surface area contributed by atoms with Crippen molar-refractivity contribution in [1.82, 2.24) is 0 Å². The van der Waals surface area contributed by atoms with Crippen LogP contribution in [0.1, 0.15) is 10.6 Å². The van der Waals surface area contributed by atoms with Crippen LogP contribution in [0.3, 0.4) is 0 Å². The first-order valence-electron chi connectivity index (χ1n) is 4.82. The van der Waals surface area contributed by atoms with E-state index in [2.05, 4.69) is 21.2 Å². The summed E-state index contributed by atoms with van der Waals surface area (Å²) in [5.41, 5.74) is 0.915. The van der Waals surface area contributed by atoms with Crippen LogP contribution < -0.4 is 5.32 Å². The zero-order valence-electron chi connectivity index (χ0n) is 8.44. The van der Waals surface area contributed by atoms with Crippen LogP contribution >= 0.6 is 15.9 Å². The second-order valence-electron chi connectivity index (χ2n) is 3.24. The van der Waals surface area contributed by atoms with Gasteiger partial charge in [-0.1, -0.05) is 18.2 Å². The molecule has 0 bridgehead atoms. The highest BCUT2D eigenvalue weighted by Crippen LogP contribution is 2.18. The highest BCUT2D eigenvalue weighted by atomic mass is 79.9. The molecule has 0 aliphatic heterocycles. The molecule has 1 N–H and O–H groups in total. The molecule has 0 unspecified atom stereocenters. The van der Waals surface area contributed by atoms with E-state index in [4.69, 9.17) is 4.42 Å². The maximum absolute atomic E-state index is 11.7. The largest absolute Gasteiger partial charge is 0.460 e. The fourth-order valence-electron chi connectivity index (χ4n) is 1.31. The van der Waals surface area contributed by atoms with Gasteiger partial charge in [0.05, 0.1) is 17.3 Å². The molecule has 4 heteroatoms. The van der Waals surface area contributed by atoms with E-state index in [1.54, 1.807) is 6.07 Å². The minimum atomic E-state index is -0.0827. The zero-order valence-corrected chi connectivity index (χ0v) is 10.0. The molecule has 0 radical (unpaired) electrons. The minimum absolute atomic E-state index is 0.0827. The molecule has 1 aromatic carbocycles. The van der Waals surface area contributed by atoms with E-state index in [0.717, 1.165) is 5.69 Å². The lowest BCUT2D eigenvalue weighted by Gasteiger charge is -2.03. The molecule has 0 fully saturated rings. The van der Waals surface area contributed by atoms with Crippen molar-refractivity contribution in [1.29, 1.82) is 0 Å². The van der Waals surface area contributed by atoms with Gasteiger partial charge in [-0.15, -0.1) is 0 Å². The Morgan fingerprint density at radius 3 is 2.62 bits per heavy atom. The number of benzene rings is 1. The number of nitrogens with one attached hydrogen (secondary N) is 1. The monoisotopic (exact) mass is 279 g/mol. The number of rotatable bonds is 4. The van der Waals surface area contributed by atoms with Gasteiger partial charge in [0.25, 0.3) is 0 Å². The number of halogens is 1. The summed E-state index contributed by atoms with van der Waals surface area (Å²) >= 11 is 3.25. The molecule has 0 aliphatic rings. The average molecular weight is 280 g/mol. The molecule has 16 heavy (non-hydrogen) atoms. The Hall–Kier alpha value is -1.55. The van der Waals surface area contributed by atoms with Crippen molar-refractivity contribution in [2.24, 2.45) is 0 Å². The Morgan fingerprint density at radius 2 is 2.00 bits per heavy atom. The van der Waals surface area contributed by atoms with Gasteiger partial charge in [-0.05, 0) is 34.1 Å². The van der Waals surface area contributed by atoms with E-state index in [0.29, 0.717) is 10.2 Å². The van der Waals surface area contributed by atoms with E-state index >= 15 is 0 Å². The SMILES string of the molecule is O=C(CNc1ccccc1)c1occc1Br. The average Bonchev–Trinajstić information content (AvgIpc) is 2.74. The van der Waals surface area contributed by atoms with Gasteiger partial charge in [0.2, 0.25) is 5.78 Å². The standard InChI is InChI=1S/C12H10BrNO2/c13-10-6-7-16-12(10)11(15)8-14-9-4-2-1-3-5-9/h1-7,14H,8H2. The van der Waals surface area contributed by atoms with Crippen molar-refractivity contribution in [2.75, 3.05) is 11.9 Å². The number of carbonyl (C=O) groups is 1. The lowest BCUT2D eigenvalue weighted by atomic mass is 10.3. The van der Waals surface area contributed by atoms with E-state index in [-0.39, 0.29) is 12.3 Å². The third-order valence-corrected chi connectivity index (χ3v) is 2.72. The van der Waals surface area contributed by atoms with Crippen LogP contribution in [-0.4, -0.2) is 12.3 Å². The number of furan rings is 1. The van der Waals surface area contributed by atoms with Gasteiger partial charge in [0.1, 0.15) is 0 Å². The molecule has 0 saturated heterocycles. The Bertz CT molecular complexity index is 479. The summed E-state index contributed by atoms with van der Waals surface area (Å²) in [6.45, 7) is 0.218. The van der Waals surface area contributed by atoms with Gasteiger partial charge < -0.3 is 9.73 Å². The zero-order chi connectivity index (χ0) is 11.4. The summed E-state index contributed by atoms with van der Waals surface area (Å²) in [5, 5.41) is 3.03. The van der Waals surface area contributed by atoms with Crippen LogP contribution in [0.5, 0.6) is 0 Å². The van der Waals surface area contributed by atoms with Gasteiger partial charge >= 0.3 is 0 Å². The molecule has 2 rings (SSSR count). The number of para-hydroxylation sites is 1. The predicted octanol–water partition coefficient (Wildman–Crippen LogP) is 3.34. The molecule has 0 aliphatic carbocycles. The first-order chi connectivity index (χ1) is 7.77. The second kappa shape index (κ2) is 4.99. The number of ketones is 1. The van der Waals surface area contributed by atoms with Gasteiger partial charge in [-0.2, -0.15) is 0 Å². The van der Waals surface area contributed by atoms with Crippen LogP contribution in [0.2, 0.25) is 0 Å². The molecular weight excluding hydrogens is 270 g/mol. The Labute approximate surface area is 102 Å². The molecule has 3 nitrogen and oxygen atoms in total. The molecule has 0 amide bonds. The Balaban J connectivity index is 1.97. The van der Waals surface area contributed by atoms with Crippen molar-refractivity contribution >= 4 is 27.4 Å². The summed E-state index contributed by atoms with van der Waals surface area (Å²) in [7, 11) is 0. The molecule has 2 aromatic rings. The molecule has 0 atom stereocenters. The molecule has 82 valence electrons. The lowest BCUT2D eigenvalue weighted by Crippen LogP contribution is -2.13. The van der Waals surface area contributed by atoms with Gasteiger partial charge in [0.15, 0.2) is 5.76 Å². The quantitative estimate of drug-likeness (QED) is 0.873. The number of Topliss-reactive ketones (excluding diaryl/α,β-unsaturated/α-hetero) is 1. The lowest BCUT2D eigenvalue weighted by molar-refractivity contribution is 0.0979. The molecular formula is C12H10BrNO2. The second-order valence-corrected chi connectivity index (χ2v) is 4.09. The summed E-state index contributed by atoms with van der Waals surface area (Å²) in [4.78, 5) is 11.7. The van der Waals surface area contributed by atoms with Crippen LogP contribution in [-0.2, 0) is 0 Å². The topological polar surface area (TPSA) is 42.2 Å². The van der Waals surface area contributed by atoms with Crippen molar-refractivity contribution in [3.63, 3.8) is 0 Å². The van der Waals surface area contributed by atoms with Crippen molar-refractivity contribution < 1.29 is 9.21 Å². The molecule has 1 heterocycles. The highest BCUT2D eigenvalue weighted by molar-refractivity contribution is 9.10. The third-order valence-electron chi connectivity index (χ3n) is 2.10. The summed E-state index contributed by atoms with van der Waals surface area (Å²) < 4.78 is 5.77. The van der Waals surface area contributed by atoms with Crippen LogP contribution in [0.4, 0.5) is 5.69 Å². The van der Waals surface area contributed by atoms with E-state index in [1.807, 2.05) is 30.3 Å².